The van der Waals surface area contributed by atoms with Crippen LogP contribution in [0.5, 0.6) is 0 Å². The number of aromatic nitrogens is 2. The average Bonchev–Trinajstić information content (AvgIpc) is 2.74. The summed E-state index contributed by atoms with van der Waals surface area (Å²) < 4.78 is 20.1. The summed E-state index contributed by atoms with van der Waals surface area (Å²) in [6, 6.07) is 1.31. The van der Waals surface area contributed by atoms with Crippen LogP contribution in [-0.2, 0) is 9.57 Å². The van der Waals surface area contributed by atoms with Gasteiger partial charge in [-0.3, -0.25) is 9.40 Å². The normalized spacial score (nSPS) is 30.8. The number of nitrogens with zero attached hydrogens (tertiary/aromatic N) is 5. The highest BCUT2D eigenvalue weighted by Crippen LogP contribution is 2.39. The Kier molecular flexibility index (Phi) is 4.59. The minimum absolute atomic E-state index is 0.0844. The molecule has 2 heterocycles. The topological polar surface area (TPSA) is 155 Å². The molecule has 12 heteroatoms. The van der Waals surface area contributed by atoms with Gasteiger partial charge in [0, 0.05) is 11.1 Å². The van der Waals surface area contributed by atoms with E-state index in [9.17, 15) is 19.4 Å². The molecule has 0 aromatic carbocycles. The zero-order valence-corrected chi connectivity index (χ0v) is 11.3. The Hall–Kier alpha value is -2.24. The van der Waals surface area contributed by atoms with Crippen LogP contribution in [0.3, 0.4) is 0 Å². The minimum Gasteiger partial charge on any atom is -0.393 e. The molecule has 4 atom stereocenters. The number of azide groups is 1. The summed E-state index contributed by atoms with van der Waals surface area (Å²) in [6.07, 6.45) is -4.51. The monoisotopic (exact) mass is 316 g/mol. The molecule has 0 radical (unpaired) electrons. The predicted molar refractivity (Wildman–Crippen MR) is 69.1 cm³/mol. The fourth-order valence-electron chi connectivity index (χ4n) is 2.05. The first-order chi connectivity index (χ1) is 10.5. The van der Waals surface area contributed by atoms with Gasteiger partial charge in [0.2, 0.25) is 5.72 Å². The molecule has 3 N–H and O–H groups in total. The second-order valence-corrected chi connectivity index (χ2v) is 4.40. The molecule has 0 amide bonds. The van der Waals surface area contributed by atoms with Crippen LogP contribution < -0.4 is 11.2 Å². The van der Waals surface area contributed by atoms with E-state index in [2.05, 4.69) is 25.3 Å². The summed E-state index contributed by atoms with van der Waals surface area (Å²) in [7, 11) is 1.32. The Balaban J connectivity index is 2.38. The molecular formula is C10H13FN6O5. The number of hydrogen-bond acceptors (Lipinski definition) is 8. The molecule has 22 heavy (non-hydrogen) atoms. The van der Waals surface area contributed by atoms with Crippen molar-refractivity contribution >= 4 is 5.82 Å². The van der Waals surface area contributed by atoms with Gasteiger partial charge in [-0.2, -0.15) is 4.98 Å². The van der Waals surface area contributed by atoms with E-state index in [4.69, 9.17) is 10.3 Å². The van der Waals surface area contributed by atoms with Crippen LogP contribution in [0.4, 0.5) is 10.2 Å². The first kappa shape index (κ1) is 16.1. The van der Waals surface area contributed by atoms with Crippen molar-refractivity contribution in [3.63, 3.8) is 0 Å². The number of halogens is 1. The first-order valence-electron chi connectivity index (χ1n) is 6.04. The fraction of sp³-hybridized carbons (Fsp3) is 0.600. The molecular weight excluding hydrogens is 303 g/mol. The Morgan fingerprint density at radius 1 is 1.77 bits per heavy atom. The molecule has 1 aliphatic rings. The van der Waals surface area contributed by atoms with Gasteiger partial charge in [-0.25, -0.2) is 14.7 Å². The third-order valence-electron chi connectivity index (χ3n) is 3.11. The highest BCUT2D eigenvalue weighted by atomic mass is 19.1. The number of aliphatic hydroxyl groups excluding tert-OH is 2. The van der Waals surface area contributed by atoms with E-state index < -0.39 is 36.5 Å². The van der Waals surface area contributed by atoms with Gasteiger partial charge in [0.25, 0.3) is 0 Å². The van der Waals surface area contributed by atoms with E-state index in [-0.39, 0.29) is 5.82 Å². The van der Waals surface area contributed by atoms with Gasteiger partial charge in [0.05, 0.1) is 13.7 Å². The van der Waals surface area contributed by atoms with Crippen molar-refractivity contribution < 1.29 is 24.2 Å². The third kappa shape index (κ3) is 2.61. The number of anilines is 1. The Morgan fingerprint density at radius 3 is 3.05 bits per heavy atom. The minimum atomic E-state index is -2.21. The van der Waals surface area contributed by atoms with Crippen molar-refractivity contribution in [2.75, 3.05) is 19.2 Å². The first-order valence-corrected chi connectivity index (χ1v) is 6.04. The summed E-state index contributed by atoms with van der Waals surface area (Å²) >= 11 is 0. The van der Waals surface area contributed by atoms with Crippen molar-refractivity contribution in [1.29, 1.82) is 0 Å². The molecule has 1 saturated heterocycles. The molecule has 0 spiro atoms. The number of hydrogen-bond donors (Lipinski definition) is 3. The predicted octanol–water partition coefficient (Wildman–Crippen LogP) is -0.557. The van der Waals surface area contributed by atoms with Crippen molar-refractivity contribution in [2.45, 2.75) is 24.2 Å². The quantitative estimate of drug-likeness (QED) is 0.285. The van der Waals surface area contributed by atoms with E-state index in [0.29, 0.717) is 0 Å². The van der Waals surface area contributed by atoms with Crippen LogP contribution in [0, 0.1) is 0 Å². The molecule has 1 unspecified atom stereocenters. The van der Waals surface area contributed by atoms with E-state index >= 15 is 0 Å². The maximum atomic E-state index is 14.2. The summed E-state index contributed by atoms with van der Waals surface area (Å²) in [5.74, 6) is 0.0844. The second-order valence-electron chi connectivity index (χ2n) is 4.40. The average molecular weight is 316 g/mol. The highest BCUT2D eigenvalue weighted by Gasteiger charge is 2.56. The van der Waals surface area contributed by atoms with Crippen LogP contribution in [0.1, 0.15) is 6.23 Å². The summed E-state index contributed by atoms with van der Waals surface area (Å²) in [5, 5.41) is 22.2. The van der Waals surface area contributed by atoms with Crippen molar-refractivity contribution in [3.05, 3.63) is 33.2 Å². The number of aliphatic hydroxyl groups is 2. The van der Waals surface area contributed by atoms with Gasteiger partial charge in [0.1, 0.15) is 6.10 Å². The largest absolute Gasteiger partial charge is 0.393 e. The molecule has 1 aliphatic heterocycles. The van der Waals surface area contributed by atoms with Gasteiger partial charge in [0.15, 0.2) is 18.2 Å². The Morgan fingerprint density at radius 2 is 2.50 bits per heavy atom. The van der Waals surface area contributed by atoms with Crippen LogP contribution in [-0.4, -0.2) is 51.5 Å². The Bertz CT molecular complexity index is 649. The summed E-state index contributed by atoms with van der Waals surface area (Å²) in [4.78, 5) is 22.4. The smallest absolute Gasteiger partial charge is 0.351 e. The third-order valence-corrected chi connectivity index (χ3v) is 3.11. The maximum absolute atomic E-state index is 14.2. The zero-order valence-electron chi connectivity index (χ0n) is 11.3. The molecule has 1 aromatic heterocycles. The molecule has 2 rings (SSSR count). The number of ether oxygens (including phenoxy) is 1. The maximum Gasteiger partial charge on any atom is 0.351 e. The van der Waals surface area contributed by atoms with Crippen molar-refractivity contribution in [1.82, 2.24) is 9.55 Å². The van der Waals surface area contributed by atoms with Gasteiger partial charge in [-0.15, -0.1) is 0 Å². The van der Waals surface area contributed by atoms with Crippen LogP contribution in [0.25, 0.3) is 10.4 Å². The van der Waals surface area contributed by atoms with E-state index in [1.54, 1.807) is 0 Å². The molecule has 1 aromatic rings. The van der Waals surface area contributed by atoms with Crippen LogP contribution in [0.15, 0.2) is 22.2 Å². The van der Waals surface area contributed by atoms with Crippen molar-refractivity contribution in [3.8, 4) is 0 Å². The second kappa shape index (κ2) is 6.25. The van der Waals surface area contributed by atoms with Crippen LogP contribution in [0.2, 0.25) is 0 Å². The lowest BCUT2D eigenvalue weighted by molar-refractivity contribution is -0.124. The standard InChI is InChI=1S/C10H13FN6O5/c1-21-14-5-2-3-17(9(20)13-5)8-6(11)7(19)10(4-18,22-8)15-16-12/h2-3,6-8,18-19H,4H2,1H3,(H,13,14,20)/t6-,7?,8+,10+/m0/s1. The number of alkyl halides is 1. The SMILES string of the molecule is CONc1ccn([C@@H]2O[C@@](CO)(N=[N+]=[N-])C(O)[C@@H]2F)c(=O)n1. The van der Waals surface area contributed by atoms with E-state index in [1.807, 2.05) is 0 Å². The number of nitrogens with one attached hydrogen (secondary N) is 1. The molecule has 0 aliphatic carbocycles. The van der Waals surface area contributed by atoms with Gasteiger partial charge in [-0.05, 0) is 11.6 Å². The van der Waals surface area contributed by atoms with Gasteiger partial charge < -0.3 is 14.9 Å². The van der Waals surface area contributed by atoms with Gasteiger partial charge in [-0.1, -0.05) is 5.11 Å². The molecule has 1 fully saturated rings. The summed E-state index contributed by atoms with van der Waals surface area (Å²) in [6.45, 7) is -0.958. The van der Waals surface area contributed by atoms with Gasteiger partial charge >= 0.3 is 5.69 Å². The molecule has 0 saturated carbocycles. The molecule has 11 nitrogen and oxygen atoms in total. The Labute approximate surface area is 122 Å². The van der Waals surface area contributed by atoms with E-state index in [1.165, 1.54) is 13.2 Å². The lowest BCUT2D eigenvalue weighted by Gasteiger charge is -2.23. The highest BCUT2D eigenvalue weighted by molar-refractivity contribution is 5.28. The van der Waals surface area contributed by atoms with Crippen LogP contribution >= 0.6 is 0 Å². The number of rotatable bonds is 5. The zero-order chi connectivity index (χ0) is 16.3. The molecule has 120 valence electrons. The lowest BCUT2D eigenvalue weighted by atomic mass is 10.1. The van der Waals surface area contributed by atoms with Crippen molar-refractivity contribution in [2.24, 2.45) is 5.11 Å². The lowest BCUT2D eigenvalue weighted by Crippen LogP contribution is -2.43. The summed E-state index contributed by atoms with van der Waals surface area (Å²) in [5.41, 5.74) is 7.68. The fourth-order valence-corrected chi connectivity index (χ4v) is 2.05. The van der Waals surface area contributed by atoms with E-state index in [0.717, 1.165) is 10.8 Å². The molecule has 0 bridgehead atoms.